The van der Waals surface area contributed by atoms with Crippen molar-refractivity contribution in [3.63, 3.8) is 0 Å². The van der Waals surface area contributed by atoms with E-state index >= 15 is 0 Å². The first kappa shape index (κ1) is 27.4. The first-order valence-corrected chi connectivity index (χ1v) is 14.5. The van der Waals surface area contributed by atoms with Gasteiger partial charge in [-0.3, -0.25) is 0 Å². The summed E-state index contributed by atoms with van der Waals surface area (Å²) in [5, 5.41) is 4.28. The van der Waals surface area contributed by atoms with E-state index in [0.29, 0.717) is 13.2 Å². The molecule has 0 saturated heterocycles. The van der Waals surface area contributed by atoms with Gasteiger partial charge in [0.2, 0.25) is 0 Å². The van der Waals surface area contributed by atoms with Gasteiger partial charge in [0.05, 0.1) is 34.6 Å². The first-order valence-electron chi connectivity index (χ1n) is 12.3. The summed E-state index contributed by atoms with van der Waals surface area (Å²) in [7, 11) is 3.43. The standard InChI is InChI=1S/C28H36I2O4/c1-5-7-9-11-13-33-27-21-15-23(29)25(31-3)17-19(21)20-18-26(32-4)24(30)16-22(20)28(27)34-14-12-10-8-6-2/h15-18H,5-14H2,1-4H3. The molecule has 34 heavy (non-hydrogen) atoms. The molecule has 0 N–H and O–H groups in total. The monoisotopic (exact) mass is 690 g/mol. The Kier molecular flexibility index (Phi) is 11.1. The maximum atomic E-state index is 6.51. The molecule has 186 valence electrons. The predicted octanol–water partition coefficient (Wildman–Crippen LogP) is 9.14. The Balaban J connectivity index is 2.18. The molecule has 0 aliphatic heterocycles. The van der Waals surface area contributed by atoms with Crippen molar-refractivity contribution in [2.75, 3.05) is 27.4 Å². The Morgan fingerprint density at radius 1 is 0.559 bits per heavy atom. The summed E-state index contributed by atoms with van der Waals surface area (Å²) in [6, 6.07) is 8.54. The van der Waals surface area contributed by atoms with Crippen molar-refractivity contribution < 1.29 is 18.9 Å². The minimum absolute atomic E-state index is 0.683. The maximum Gasteiger partial charge on any atom is 0.169 e. The van der Waals surface area contributed by atoms with Gasteiger partial charge in [0, 0.05) is 10.8 Å². The molecule has 0 spiro atoms. The molecular formula is C28H36I2O4. The van der Waals surface area contributed by atoms with E-state index in [-0.39, 0.29) is 0 Å². The average molecular weight is 690 g/mol. The van der Waals surface area contributed by atoms with Gasteiger partial charge in [-0.05, 0) is 93.1 Å². The highest BCUT2D eigenvalue weighted by atomic mass is 127. The van der Waals surface area contributed by atoms with E-state index in [9.17, 15) is 0 Å². The number of hydrogen-bond acceptors (Lipinski definition) is 4. The summed E-state index contributed by atoms with van der Waals surface area (Å²) in [6.45, 7) is 5.83. The van der Waals surface area contributed by atoms with Gasteiger partial charge < -0.3 is 18.9 Å². The lowest BCUT2D eigenvalue weighted by Crippen LogP contribution is -2.05. The molecule has 3 rings (SSSR count). The Hall–Kier alpha value is -1.16. The fraction of sp³-hybridized carbons (Fsp3) is 0.500. The first-order chi connectivity index (χ1) is 16.5. The van der Waals surface area contributed by atoms with E-state index in [1.54, 1.807) is 14.2 Å². The number of fused-ring (bicyclic) bond motifs is 3. The molecule has 0 heterocycles. The third kappa shape index (κ3) is 6.53. The average Bonchev–Trinajstić information content (AvgIpc) is 2.84. The van der Waals surface area contributed by atoms with E-state index in [1.807, 2.05) is 0 Å². The molecule has 0 fully saturated rings. The smallest absolute Gasteiger partial charge is 0.169 e. The molecule has 4 nitrogen and oxygen atoms in total. The van der Waals surface area contributed by atoms with Gasteiger partial charge >= 0.3 is 0 Å². The molecule has 3 aromatic rings. The molecule has 0 radical (unpaired) electrons. The highest BCUT2D eigenvalue weighted by molar-refractivity contribution is 14.1. The lowest BCUT2D eigenvalue weighted by Gasteiger charge is -2.20. The van der Waals surface area contributed by atoms with E-state index in [4.69, 9.17) is 18.9 Å². The number of unbranched alkanes of at least 4 members (excludes halogenated alkanes) is 6. The minimum Gasteiger partial charge on any atom is -0.496 e. The zero-order valence-electron chi connectivity index (χ0n) is 20.8. The summed E-state index contributed by atoms with van der Waals surface area (Å²) in [4.78, 5) is 0. The third-order valence-electron chi connectivity index (χ3n) is 6.06. The normalized spacial score (nSPS) is 11.2. The van der Waals surface area contributed by atoms with Crippen molar-refractivity contribution in [3.8, 4) is 23.0 Å². The number of halogens is 2. The second kappa shape index (κ2) is 13.8. The van der Waals surface area contributed by atoms with Gasteiger partial charge in [-0.1, -0.05) is 52.4 Å². The molecule has 0 atom stereocenters. The Morgan fingerprint density at radius 2 is 0.971 bits per heavy atom. The van der Waals surface area contributed by atoms with Crippen LogP contribution >= 0.6 is 45.2 Å². The van der Waals surface area contributed by atoms with E-state index < -0.39 is 0 Å². The summed E-state index contributed by atoms with van der Waals surface area (Å²) in [5.41, 5.74) is 0. The third-order valence-corrected chi connectivity index (χ3v) is 7.74. The van der Waals surface area contributed by atoms with Crippen molar-refractivity contribution in [2.45, 2.75) is 65.2 Å². The molecule has 6 heteroatoms. The number of rotatable bonds is 14. The molecule has 0 aliphatic rings. The van der Waals surface area contributed by atoms with Gasteiger partial charge in [-0.25, -0.2) is 0 Å². The van der Waals surface area contributed by atoms with Crippen LogP contribution in [0.25, 0.3) is 21.5 Å². The topological polar surface area (TPSA) is 36.9 Å². The fourth-order valence-electron chi connectivity index (χ4n) is 4.18. The summed E-state index contributed by atoms with van der Waals surface area (Å²) >= 11 is 4.67. The SMILES string of the molecule is CCCCCCOc1c(OCCCCCC)c2cc(I)c(OC)cc2c2cc(OC)c(I)cc12. The zero-order valence-corrected chi connectivity index (χ0v) is 25.1. The van der Waals surface area contributed by atoms with Gasteiger partial charge in [-0.2, -0.15) is 0 Å². The van der Waals surface area contributed by atoms with Gasteiger partial charge in [0.1, 0.15) is 11.5 Å². The van der Waals surface area contributed by atoms with Crippen molar-refractivity contribution >= 4 is 66.7 Å². The van der Waals surface area contributed by atoms with Crippen LogP contribution < -0.4 is 18.9 Å². The molecular weight excluding hydrogens is 654 g/mol. The lowest BCUT2D eigenvalue weighted by molar-refractivity contribution is 0.264. The van der Waals surface area contributed by atoms with E-state index in [0.717, 1.165) is 64.5 Å². The van der Waals surface area contributed by atoms with Crippen LogP contribution in [0.3, 0.4) is 0 Å². The Bertz CT molecular complexity index is 1010. The van der Waals surface area contributed by atoms with Crippen molar-refractivity contribution in [2.24, 2.45) is 0 Å². The maximum absolute atomic E-state index is 6.51. The van der Waals surface area contributed by atoms with Crippen molar-refractivity contribution in [1.29, 1.82) is 0 Å². The van der Waals surface area contributed by atoms with Crippen LogP contribution in [0.2, 0.25) is 0 Å². The molecule has 0 aliphatic carbocycles. The van der Waals surface area contributed by atoms with Gasteiger partial charge in [0.25, 0.3) is 0 Å². The number of ether oxygens (including phenoxy) is 4. The van der Waals surface area contributed by atoms with Crippen LogP contribution in [-0.2, 0) is 0 Å². The number of methoxy groups -OCH3 is 2. The quantitative estimate of drug-likeness (QED) is 0.0961. The molecule has 0 amide bonds. The van der Waals surface area contributed by atoms with Gasteiger partial charge in [-0.15, -0.1) is 0 Å². The Morgan fingerprint density at radius 3 is 1.32 bits per heavy atom. The molecule has 0 saturated carbocycles. The molecule has 0 unspecified atom stereocenters. The number of hydrogen-bond donors (Lipinski definition) is 0. The highest BCUT2D eigenvalue weighted by Crippen LogP contribution is 2.47. The lowest BCUT2D eigenvalue weighted by atomic mass is 9.99. The molecule has 0 bridgehead atoms. The van der Waals surface area contributed by atoms with E-state index in [2.05, 4.69) is 83.3 Å². The van der Waals surface area contributed by atoms with E-state index in [1.165, 1.54) is 38.5 Å². The van der Waals surface area contributed by atoms with Crippen molar-refractivity contribution in [1.82, 2.24) is 0 Å². The van der Waals surface area contributed by atoms with Crippen LogP contribution in [0, 0.1) is 7.14 Å². The predicted molar refractivity (Wildman–Crippen MR) is 159 cm³/mol. The largest absolute Gasteiger partial charge is 0.496 e. The Labute approximate surface area is 231 Å². The second-order valence-corrected chi connectivity index (χ2v) is 10.9. The van der Waals surface area contributed by atoms with Crippen LogP contribution in [0.5, 0.6) is 23.0 Å². The fourth-order valence-corrected chi connectivity index (χ4v) is 5.55. The molecule has 0 aromatic heterocycles. The summed E-state index contributed by atoms with van der Waals surface area (Å²) in [6.07, 6.45) is 9.32. The minimum atomic E-state index is 0.683. The van der Waals surface area contributed by atoms with Crippen LogP contribution in [-0.4, -0.2) is 27.4 Å². The highest BCUT2D eigenvalue weighted by Gasteiger charge is 2.21. The van der Waals surface area contributed by atoms with Crippen LogP contribution in [0.15, 0.2) is 24.3 Å². The van der Waals surface area contributed by atoms with Crippen molar-refractivity contribution in [3.05, 3.63) is 31.4 Å². The summed E-state index contributed by atoms with van der Waals surface area (Å²) in [5.74, 6) is 3.40. The summed E-state index contributed by atoms with van der Waals surface area (Å²) < 4.78 is 26.4. The van der Waals surface area contributed by atoms with Crippen LogP contribution in [0.1, 0.15) is 65.2 Å². The van der Waals surface area contributed by atoms with Gasteiger partial charge in [0.15, 0.2) is 11.5 Å². The number of benzene rings is 3. The zero-order chi connectivity index (χ0) is 24.5. The van der Waals surface area contributed by atoms with Crippen LogP contribution in [0.4, 0.5) is 0 Å². The molecule has 3 aromatic carbocycles. The second-order valence-electron chi connectivity index (χ2n) is 8.54.